The fourth-order valence-electron chi connectivity index (χ4n) is 1.77. The topological polar surface area (TPSA) is 67.4 Å². The van der Waals surface area contributed by atoms with Crippen LogP contribution >= 0.6 is 0 Å². The van der Waals surface area contributed by atoms with E-state index in [4.69, 9.17) is 4.74 Å². The molecule has 102 valence electrons. The van der Waals surface area contributed by atoms with Crippen LogP contribution in [-0.2, 0) is 14.8 Å². The maximum atomic E-state index is 11.6. The summed E-state index contributed by atoms with van der Waals surface area (Å²) in [6, 6.07) is 0. The van der Waals surface area contributed by atoms with E-state index >= 15 is 0 Å². The Labute approximate surface area is 104 Å². The molecule has 0 spiro atoms. The SMILES string of the molecule is CCCNCCS(=O)(=O)NCC1CCCCO1. The zero-order valence-electron chi connectivity index (χ0n) is 10.6. The van der Waals surface area contributed by atoms with E-state index in [0.717, 1.165) is 38.8 Å². The van der Waals surface area contributed by atoms with Gasteiger partial charge in [0.1, 0.15) is 0 Å². The summed E-state index contributed by atoms with van der Waals surface area (Å²) in [6.45, 7) is 4.59. The highest BCUT2D eigenvalue weighted by Crippen LogP contribution is 2.11. The average Bonchev–Trinajstić information content (AvgIpc) is 2.34. The Morgan fingerprint density at radius 1 is 1.29 bits per heavy atom. The molecule has 0 aromatic heterocycles. The predicted octanol–water partition coefficient (Wildman–Crippen LogP) is 0.475. The second-order valence-electron chi connectivity index (χ2n) is 4.41. The van der Waals surface area contributed by atoms with Crippen molar-refractivity contribution in [2.45, 2.75) is 38.7 Å². The van der Waals surface area contributed by atoms with E-state index in [9.17, 15) is 8.42 Å². The molecule has 6 heteroatoms. The minimum absolute atomic E-state index is 0.0575. The minimum Gasteiger partial charge on any atom is -0.377 e. The summed E-state index contributed by atoms with van der Waals surface area (Å²) in [5.74, 6) is 0.139. The molecule has 2 N–H and O–H groups in total. The first-order valence-corrected chi connectivity index (χ1v) is 8.09. The summed E-state index contributed by atoms with van der Waals surface area (Å²) < 4.78 is 31.3. The highest BCUT2D eigenvalue weighted by molar-refractivity contribution is 7.89. The van der Waals surface area contributed by atoms with Crippen molar-refractivity contribution in [1.29, 1.82) is 0 Å². The third-order valence-corrected chi connectivity index (χ3v) is 4.13. The molecule has 0 bridgehead atoms. The van der Waals surface area contributed by atoms with Crippen molar-refractivity contribution < 1.29 is 13.2 Å². The van der Waals surface area contributed by atoms with Gasteiger partial charge < -0.3 is 10.1 Å². The van der Waals surface area contributed by atoms with Crippen LogP contribution < -0.4 is 10.0 Å². The van der Waals surface area contributed by atoms with Crippen molar-refractivity contribution in [2.24, 2.45) is 0 Å². The van der Waals surface area contributed by atoms with Crippen LogP contribution in [0, 0.1) is 0 Å². The Hall–Kier alpha value is -0.170. The first-order chi connectivity index (χ1) is 8.14. The van der Waals surface area contributed by atoms with Crippen molar-refractivity contribution in [3.63, 3.8) is 0 Å². The molecule has 1 aliphatic rings. The number of hydrogen-bond acceptors (Lipinski definition) is 4. The van der Waals surface area contributed by atoms with Crippen LogP contribution in [0.15, 0.2) is 0 Å². The molecule has 5 nitrogen and oxygen atoms in total. The summed E-state index contributed by atoms with van der Waals surface area (Å²) in [5, 5.41) is 3.08. The number of nitrogens with one attached hydrogen (secondary N) is 2. The van der Waals surface area contributed by atoms with Crippen LogP contribution in [0.4, 0.5) is 0 Å². The lowest BCUT2D eigenvalue weighted by atomic mass is 10.1. The Morgan fingerprint density at radius 3 is 2.76 bits per heavy atom. The van der Waals surface area contributed by atoms with Gasteiger partial charge in [0.2, 0.25) is 10.0 Å². The van der Waals surface area contributed by atoms with Gasteiger partial charge in [-0.1, -0.05) is 6.92 Å². The number of rotatable bonds is 8. The summed E-state index contributed by atoms with van der Waals surface area (Å²) >= 11 is 0. The fourth-order valence-corrected chi connectivity index (χ4v) is 2.77. The van der Waals surface area contributed by atoms with Crippen LogP contribution in [0.2, 0.25) is 0 Å². The van der Waals surface area contributed by atoms with Gasteiger partial charge in [-0.15, -0.1) is 0 Å². The standard InChI is InChI=1S/C11H24N2O3S/c1-2-6-12-7-9-17(14,15)13-10-11-5-3-4-8-16-11/h11-13H,2-10H2,1H3. The largest absolute Gasteiger partial charge is 0.377 e. The van der Waals surface area contributed by atoms with Crippen LogP contribution in [-0.4, -0.2) is 46.5 Å². The van der Waals surface area contributed by atoms with Gasteiger partial charge in [-0.3, -0.25) is 0 Å². The van der Waals surface area contributed by atoms with Crippen molar-refractivity contribution in [2.75, 3.05) is 32.0 Å². The van der Waals surface area contributed by atoms with E-state index in [1.807, 2.05) is 0 Å². The molecule has 0 aliphatic carbocycles. The maximum Gasteiger partial charge on any atom is 0.212 e. The number of hydrogen-bond donors (Lipinski definition) is 2. The molecule has 1 unspecified atom stereocenters. The second kappa shape index (κ2) is 8.02. The molecule has 1 rings (SSSR count). The van der Waals surface area contributed by atoms with E-state index < -0.39 is 10.0 Å². The second-order valence-corrected chi connectivity index (χ2v) is 6.33. The molecular weight excluding hydrogens is 240 g/mol. The molecule has 1 atom stereocenters. The van der Waals surface area contributed by atoms with E-state index in [2.05, 4.69) is 17.0 Å². The van der Waals surface area contributed by atoms with Crippen LogP contribution in [0.1, 0.15) is 32.6 Å². The van der Waals surface area contributed by atoms with E-state index in [-0.39, 0.29) is 11.9 Å². The molecule has 0 saturated carbocycles. The van der Waals surface area contributed by atoms with Crippen LogP contribution in [0.25, 0.3) is 0 Å². The van der Waals surface area contributed by atoms with Gasteiger partial charge in [0, 0.05) is 19.7 Å². The van der Waals surface area contributed by atoms with Crippen LogP contribution in [0.3, 0.4) is 0 Å². The summed E-state index contributed by atoms with van der Waals surface area (Å²) in [7, 11) is -3.15. The third kappa shape index (κ3) is 6.98. The molecule has 1 heterocycles. The quantitative estimate of drug-likeness (QED) is 0.626. The first kappa shape index (κ1) is 14.9. The number of sulfonamides is 1. The van der Waals surface area contributed by atoms with E-state index in [1.165, 1.54) is 0 Å². The fraction of sp³-hybridized carbons (Fsp3) is 1.00. The van der Waals surface area contributed by atoms with Crippen molar-refractivity contribution in [3.05, 3.63) is 0 Å². The van der Waals surface area contributed by atoms with Gasteiger partial charge >= 0.3 is 0 Å². The lowest BCUT2D eigenvalue weighted by Gasteiger charge is -2.22. The van der Waals surface area contributed by atoms with Crippen molar-refractivity contribution in [1.82, 2.24) is 10.0 Å². The molecule has 1 aliphatic heterocycles. The average molecular weight is 264 g/mol. The third-order valence-electron chi connectivity index (χ3n) is 2.78. The zero-order chi connectivity index (χ0) is 12.6. The highest BCUT2D eigenvalue weighted by Gasteiger charge is 2.17. The molecule has 0 amide bonds. The van der Waals surface area contributed by atoms with Gasteiger partial charge in [-0.2, -0.15) is 0 Å². The van der Waals surface area contributed by atoms with Gasteiger partial charge in [0.25, 0.3) is 0 Å². The summed E-state index contributed by atoms with van der Waals surface area (Å²) in [6.07, 6.45) is 4.25. The normalized spacial score (nSPS) is 21.6. The highest BCUT2D eigenvalue weighted by atomic mass is 32.2. The van der Waals surface area contributed by atoms with Gasteiger partial charge in [0.05, 0.1) is 11.9 Å². The minimum atomic E-state index is -3.15. The van der Waals surface area contributed by atoms with Crippen LogP contribution in [0.5, 0.6) is 0 Å². The molecule has 1 fully saturated rings. The zero-order valence-corrected chi connectivity index (χ0v) is 11.4. The van der Waals surface area contributed by atoms with Crippen molar-refractivity contribution in [3.8, 4) is 0 Å². The van der Waals surface area contributed by atoms with Gasteiger partial charge in [0.15, 0.2) is 0 Å². The summed E-state index contributed by atoms with van der Waals surface area (Å²) in [5.41, 5.74) is 0. The number of ether oxygens (including phenoxy) is 1. The van der Waals surface area contributed by atoms with Gasteiger partial charge in [-0.25, -0.2) is 13.1 Å². The molecule has 1 saturated heterocycles. The summed E-state index contributed by atoms with van der Waals surface area (Å²) in [4.78, 5) is 0. The lowest BCUT2D eigenvalue weighted by Crippen LogP contribution is -2.38. The Kier molecular flexibility index (Phi) is 7.03. The van der Waals surface area contributed by atoms with Crippen molar-refractivity contribution >= 4 is 10.0 Å². The Balaban J connectivity index is 2.14. The molecular formula is C11H24N2O3S. The molecule has 0 radical (unpaired) electrons. The van der Waals surface area contributed by atoms with E-state index in [1.54, 1.807) is 0 Å². The van der Waals surface area contributed by atoms with E-state index in [0.29, 0.717) is 13.1 Å². The first-order valence-electron chi connectivity index (χ1n) is 6.43. The van der Waals surface area contributed by atoms with Gasteiger partial charge in [-0.05, 0) is 32.2 Å². The molecule has 0 aromatic carbocycles. The lowest BCUT2D eigenvalue weighted by molar-refractivity contribution is 0.0200. The Bertz CT molecular complexity index is 287. The molecule has 0 aromatic rings. The maximum absolute atomic E-state index is 11.6. The monoisotopic (exact) mass is 264 g/mol. The molecule has 17 heavy (non-hydrogen) atoms. The Morgan fingerprint density at radius 2 is 2.12 bits per heavy atom. The smallest absolute Gasteiger partial charge is 0.212 e. The predicted molar refractivity (Wildman–Crippen MR) is 68.5 cm³/mol.